The molecule has 0 aliphatic heterocycles. The standard InChI is InChI=1S/C17H12FNO3S2/c1-22-17(21)14-11(13-7-4-8-23-13)9-24-16(14)19-15(20)10-5-2-3-6-12(10)18/h2-9H,1H3,(H,19,20). The van der Waals surface area contributed by atoms with Crippen molar-refractivity contribution in [2.24, 2.45) is 0 Å². The van der Waals surface area contributed by atoms with E-state index in [0.29, 0.717) is 10.6 Å². The molecule has 0 aliphatic rings. The summed E-state index contributed by atoms with van der Waals surface area (Å²) in [6.45, 7) is 0. The highest BCUT2D eigenvalue weighted by Crippen LogP contribution is 2.38. The van der Waals surface area contributed by atoms with Gasteiger partial charge in [0.15, 0.2) is 0 Å². The number of thiophene rings is 2. The number of carbonyl (C=O) groups excluding carboxylic acids is 2. The predicted molar refractivity (Wildman–Crippen MR) is 93.3 cm³/mol. The van der Waals surface area contributed by atoms with Gasteiger partial charge in [-0.25, -0.2) is 9.18 Å². The van der Waals surface area contributed by atoms with Crippen LogP contribution in [0.4, 0.5) is 9.39 Å². The Morgan fingerprint density at radius 3 is 2.58 bits per heavy atom. The fourth-order valence-corrected chi connectivity index (χ4v) is 3.95. The predicted octanol–water partition coefficient (Wildman–Crippen LogP) is 4.65. The van der Waals surface area contributed by atoms with Crippen LogP contribution in [0.5, 0.6) is 0 Å². The lowest BCUT2D eigenvalue weighted by molar-refractivity contribution is 0.0603. The summed E-state index contributed by atoms with van der Waals surface area (Å²) in [5, 5.41) is 6.61. The molecule has 0 unspecified atom stereocenters. The molecule has 1 amide bonds. The van der Waals surface area contributed by atoms with Crippen LogP contribution >= 0.6 is 22.7 Å². The van der Waals surface area contributed by atoms with Crippen molar-refractivity contribution in [3.63, 3.8) is 0 Å². The van der Waals surface area contributed by atoms with E-state index >= 15 is 0 Å². The SMILES string of the molecule is COC(=O)c1c(-c2cccs2)csc1NC(=O)c1ccccc1F. The Morgan fingerprint density at radius 1 is 1.12 bits per heavy atom. The van der Waals surface area contributed by atoms with Crippen LogP contribution in [0.1, 0.15) is 20.7 Å². The summed E-state index contributed by atoms with van der Waals surface area (Å²) in [7, 11) is 1.28. The molecule has 0 saturated heterocycles. The Kier molecular flexibility index (Phi) is 4.73. The van der Waals surface area contributed by atoms with E-state index in [9.17, 15) is 14.0 Å². The van der Waals surface area contributed by atoms with E-state index in [1.165, 1.54) is 48.0 Å². The number of nitrogens with one attached hydrogen (secondary N) is 1. The number of amides is 1. The Bertz CT molecular complexity index is 887. The minimum Gasteiger partial charge on any atom is -0.465 e. The highest BCUT2D eigenvalue weighted by Gasteiger charge is 2.23. The number of benzene rings is 1. The summed E-state index contributed by atoms with van der Waals surface area (Å²) in [6, 6.07) is 9.42. The monoisotopic (exact) mass is 361 g/mol. The van der Waals surface area contributed by atoms with Gasteiger partial charge in [-0.1, -0.05) is 18.2 Å². The number of ether oxygens (including phenoxy) is 1. The van der Waals surface area contributed by atoms with Gasteiger partial charge in [-0.05, 0) is 23.6 Å². The van der Waals surface area contributed by atoms with E-state index in [0.717, 1.165) is 4.88 Å². The number of hydrogen-bond acceptors (Lipinski definition) is 5. The zero-order chi connectivity index (χ0) is 17.1. The van der Waals surface area contributed by atoms with Crippen LogP contribution < -0.4 is 5.32 Å². The van der Waals surface area contributed by atoms with E-state index in [1.807, 2.05) is 17.5 Å². The molecule has 24 heavy (non-hydrogen) atoms. The average molecular weight is 361 g/mol. The van der Waals surface area contributed by atoms with Gasteiger partial charge in [0.05, 0.1) is 12.7 Å². The smallest absolute Gasteiger partial charge is 0.341 e. The van der Waals surface area contributed by atoms with Crippen LogP contribution in [0.3, 0.4) is 0 Å². The third kappa shape index (κ3) is 3.08. The first kappa shape index (κ1) is 16.4. The Balaban J connectivity index is 1.98. The zero-order valence-electron chi connectivity index (χ0n) is 12.5. The lowest BCUT2D eigenvalue weighted by Gasteiger charge is -2.07. The fraction of sp³-hybridized carbons (Fsp3) is 0.0588. The second-order valence-electron chi connectivity index (χ2n) is 4.76. The van der Waals surface area contributed by atoms with Crippen molar-refractivity contribution in [1.82, 2.24) is 0 Å². The van der Waals surface area contributed by atoms with Crippen molar-refractivity contribution < 1.29 is 18.7 Å². The van der Waals surface area contributed by atoms with Crippen LogP contribution in [0.15, 0.2) is 47.2 Å². The minimum atomic E-state index is -0.621. The van der Waals surface area contributed by atoms with Crippen LogP contribution in [-0.2, 0) is 4.74 Å². The van der Waals surface area contributed by atoms with Crippen LogP contribution in [0, 0.1) is 5.82 Å². The van der Waals surface area contributed by atoms with E-state index < -0.39 is 17.7 Å². The molecule has 3 rings (SSSR count). The highest BCUT2D eigenvalue weighted by atomic mass is 32.1. The minimum absolute atomic E-state index is 0.0839. The molecule has 2 heterocycles. The number of carbonyl (C=O) groups is 2. The second kappa shape index (κ2) is 6.94. The number of esters is 1. The van der Waals surface area contributed by atoms with Crippen molar-refractivity contribution in [1.29, 1.82) is 0 Å². The molecule has 0 aliphatic carbocycles. The van der Waals surface area contributed by atoms with Gasteiger partial charge in [-0.2, -0.15) is 0 Å². The van der Waals surface area contributed by atoms with E-state index in [-0.39, 0.29) is 11.1 Å². The summed E-state index contributed by atoms with van der Waals surface area (Å²) in [5.74, 6) is -1.79. The first-order chi connectivity index (χ1) is 11.6. The molecule has 122 valence electrons. The Morgan fingerprint density at radius 2 is 1.92 bits per heavy atom. The van der Waals surface area contributed by atoms with Gasteiger partial charge in [0.2, 0.25) is 0 Å². The molecular weight excluding hydrogens is 349 g/mol. The maximum absolute atomic E-state index is 13.7. The van der Waals surface area contributed by atoms with Gasteiger partial charge in [-0.15, -0.1) is 22.7 Å². The molecular formula is C17H12FNO3S2. The summed E-state index contributed by atoms with van der Waals surface area (Å²) in [5.41, 5.74) is 0.875. The second-order valence-corrected chi connectivity index (χ2v) is 6.58. The maximum Gasteiger partial charge on any atom is 0.341 e. The zero-order valence-corrected chi connectivity index (χ0v) is 14.2. The van der Waals surface area contributed by atoms with E-state index in [2.05, 4.69) is 5.32 Å². The molecule has 1 N–H and O–H groups in total. The molecule has 7 heteroatoms. The third-order valence-corrected chi connectivity index (χ3v) is 5.11. The van der Waals surface area contributed by atoms with Crippen molar-refractivity contribution in [3.8, 4) is 10.4 Å². The average Bonchev–Trinajstić information content (AvgIpc) is 3.23. The van der Waals surface area contributed by atoms with Gasteiger partial charge >= 0.3 is 5.97 Å². The number of rotatable bonds is 4. The molecule has 2 aromatic heterocycles. The molecule has 0 bridgehead atoms. The molecule has 1 aromatic carbocycles. The number of hydrogen-bond donors (Lipinski definition) is 1. The molecule has 0 spiro atoms. The highest BCUT2D eigenvalue weighted by molar-refractivity contribution is 7.17. The number of methoxy groups -OCH3 is 1. The summed E-state index contributed by atoms with van der Waals surface area (Å²) in [4.78, 5) is 25.3. The Hall–Kier alpha value is -2.51. The van der Waals surface area contributed by atoms with Gasteiger partial charge in [0.25, 0.3) is 5.91 Å². The summed E-state index contributed by atoms with van der Waals surface area (Å²) in [6.07, 6.45) is 0. The topological polar surface area (TPSA) is 55.4 Å². The number of halogens is 1. The first-order valence-electron chi connectivity index (χ1n) is 6.91. The van der Waals surface area contributed by atoms with Crippen molar-refractivity contribution in [2.45, 2.75) is 0 Å². The van der Waals surface area contributed by atoms with Crippen LogP contribution in [0.25, 0.3) is 10.4 Å². The molecule has 0 radical (unpaired) electrons. The van der Waals surface area contributed by atoms with Crippen molar-refractivity contribution in [3.05, 3.63) is 64.1 Å². The largest absolute Gasteiger partial charge is 0.465 e. The summed E-state index contributed by atoms with van der Waals surface area (Å²) >= 11 is 2.67. The van der Waals surface area contributed by atoms with E-state index in [4.69, 9.17) is 4.74 Å². The lowest BCUT2D eigenvalue weighted by Crippen LogP contribution is -2.15. The molecule has 3 aromatic rings. The number of anilines is 1. The molecule has 0 saturated carbocycles. The van der Waals surface area contributed by atoms with Crippen molar-refractivity contribution in [2.75, 3.05) is 12.4 Å². The summed E-state index contributed by atoms with van der Waals surface area (Å²) < 4.78 is 18.6. The Labute approximate surface area is 145 Å². The molecule has 4 nitrogen and oxygen atoms in total. The van der Waals surface area contributed by atoms with E-state index in [1.54, 1.807) is 11.4 Å². The van der Waals surface area contributed by atoms with Crippen LogP contribution in [-0.4, -0.2) is 19.0 Å². The fourth-order valence-electron chi connectivity index (χ4n) is 2.18. The normalized spacial score (nSPS) is 10.4. The van der Waals surface area contributed by atoms with Gasteiger partial charge in [0.1, 0.15) is 16.4 Å². The third-order valence-electron chi connectivity index (χ3n) is 3.31. The maximum atomic E-state index is 13.7. The van der Waals surface area contributed by atoms with Gasteiger partial charge in [0, 0.05) is 15.8 Å². The quantitative estimate of drug-likeness (QED) is 0.688. The van der Waals surface area contributed by atoms with Gasteiger partial charge in [-0.3, -0.25) is 4.79 Å². The van der Waals surface area contributed by atoms with Crippen LogP contribution in [0.2, 0.25) is 0 Å². The van der Waals surface area contributed by atoms with Gasteiger partial charge < -0.3 is 10.1 Å². The van der Waals surface area contributed by atoms with Crippen molar-refractivity contribution >= 4 is 39.6 Å². The lowest BCUT2D eigenvalue weighted by atomic mass is 10.1. The molecule has 0 atom stereocenters. The molecule has 0 fully saturated rings. The first-order valence-corrected chi connectivity index (χ1v) is 8.67.